The van der Waals surface area contributed by atoms with Gasteiger partial charge in [-0.25, -0.2) is 0 Å². The Bertz CT molecular complexity index is 533. The summed E-state index contributed by atoms with van der Waals surface area (Å²) >= 11 is 12.0. The van der Waals surface area contributed by atoms with Gasteiger partial charge in [0.2, 0.25) is 0 Å². The maximum absolute atomic E-state index is 6.00. The van der Waals surface area contributed by atoms with Gasteiger partial charge in [-0.2, -0.15) is 0 Å². The first kappa shape index (κ1) is 13.3. The monoisotopic (exact) mass is 280 g/mol. The molecule has 0 amide bonds. The Kier molecular flexibility index (Phi) is 4.15. The molecule has 0 radical (unpaired) electrons. The van der Waals surface area contributed by atoms with Crippen LogP contribution < -0.4 is 4.74 Å². The Morgan fingerprint density at radius 3 is 2.17 bits per heavy atom. The van der Waals surface area contributed by atoms with Crippen molar-refractivity contribution in [2.45, 2.75) is 19.2 Å². The van der Waals surface area contributed by atoms with E-state index in [0.29, 0.717) is 0 Å². The van der Waals surface area contributed by atoms with E-state index in [1.165, 1.54) is 0 Å². The SMILES string of the molecule is Cc1cc(Oc2ccc(C(C)Cl)cc2)ccc1Cl. The fraction of sp³-hybridized carbons (Fsp3) is 0.200. The number of rotatable bonds is 3. The maximum Gasteiger partial charge on any atom is 0.127 e. The summed E-state index contributed by atoms with van der Waals surface area (Å²) in [5.41, 5.74) is 2.08. The van der Waals surface area contributed by atoms with Gasteiger partial charge in [0.25, 0.3) is 0 Å². The zero-order chi connectivity index (χ0) is 13.1. The van der Waals surface area contributed by atoms with Crippen molar-refractivity contribution in [1.29, 1.82) is 0 Å². The third-order valence-electron chi connectivity index (χ3n) is 2.70. The molecule has 2 aromatic rings. The fourth-order valence-corrected chi connectivity index (χ4v) is 1.88. The van der Waals surface area contributed by atoms with Gasteiger partial charge in [-0.3, -0.25) is 0 Å². The van der Waals surface area contributed by atoms with E-state index in [4.69, 9.17) is 27.9 Å². The van der Waals surface area contributed by atoms with E-state index >= 15 is 0 Å². The van der Waals surface area contributed by atoms with E-state index in [1.54, 1.807) is 0 Å². The van der Waals surface area contributed by atoms with Crippen molar-refractivity contribution in [2.24, 2.45) is 0 Å². The molecular formula is C15H14Cl2O. The summed E-state index contributed by atoms with van der Waals surface area (Å²) in [5, 5.41) is 0.755. The number of hydrogen-bond donors (Lipinski definition) is 0. The molecule has 18 heavy (non-hydrogen) atoms. The van der Waals surface area contributed by atoms with E-state index < -0.39 is 0 Å². The van der Waals surface area contributed by atoms with Gasteiger partial charge in [-0.05, 0) is 55.3 Å². The third kappa shape index (κ3) is 3.18. The molecule has 2 aromatic carbocycles. The highest BCUT2D eigenvalue weighted by Crippen LogP contribution is 2.27. The number of ether oxygens (including phenoxy) is 1. The van der Waals surface area contributed by atoms with Crippen molar-refractivity contribution in [1.82, 2.24) is 0 Å². The molecule has 1 atom stereocenters. The predicted molar refractivity (Wildman–Crippen MR) is 77.0 cm³/mol. The Morgan fingerprint density at radius 1 is 1.00 bits per heavy atom. The topological polar surface area (TPSA) is 9.23 Å². The molecular weight excluding hydrogens is 267 g/mol. The average Bonchev–Trinajstić information content (AvgIpc) is 2.34. The minimum Gasteiger partial charge on any atom is -0.457 e. The largest absolute Gasteiger partial charge is 0.457 e. The van der Waals surface area contributed by atoms with Gasteiger partial charge < -0.3 is 4.74 Å². The van der Waals surface area contributed by atoms with Crippen molar-refractivity contribution in [3.05, 3.63) is 58.6 Å². The summed E-state index contributed by atoms with van der Waals surface area (Å²) in [4.78, 5) is 0. The second-order valence-corrected chi connectivity index (χ2v) is 5.26. The van der Waals surface area contributed by atoms with E-state index in [1.807, 2.05) is 56.3 Å². The van der Waals surface area contributed by atoms with Crippen molar-refractivity contribution < 1.29 is 4.74 Å². The number of hydrogen-bond acceptors (Lipinski definition) is 1. The molecule has 94 valence electrons. The molecule has 3 heteroatoms. The van der Waals surface area contributed by atoms with Crippen LogP contribution in [0.15, 0.2) is 42.5 Å². The second-order valence-electron chi connectivity index (χ2n) is 4.20. The highest BCUT2D eigenvalue weighted by atomic mass is 35.5. The van der Waals surface area contributed by atoms with Gasteiger partial charge in [-0.15, -0.1) is 11.6 Å². The van der Waals surface area contributed by atoms with Crippen molar-refractivity contribution in [3.8, 4) is 11.5 Å². The summed E-state index contributed by atoms with van der Waals surface area (Å²) in [6, 6.07) is 13.4. The summed E-state index contributed by atoms with van der Waals surface area (Å²) in [7, 11) is 0. The molecule has 0 aliphatic heterocycles. The molecule has 0 saturated heterocycles. The molecule has 0 fully saturated rings. The minimum absolute atomic E-state index is 0.0110. The van der Waals surface area contributed by atoms with Crippen LogP contribution in [0.25, 0.3) is 0 Å². The second kappa shape index (κ2) is 5.64. The molecule has 0 heterocycles. The van der Waals surface area contributed by atoms with Gasteiger partial charge in [0.05, 0.1) is 5.38 Å². The van der Waals surface area contributed by atoms with Crippen molar-refractivity contribution in [3.63, 3.8) is 0 Å². The van der Waals surface area contributed by atoms with Gasteiger partial charge >= 0.3 is 0 Å². The fourth-order valence-electron chi connectivity index (χ4n) is 1.62. The Balaban J connectivity index is 2.15. The summed E-state index contributed by atoms with van der Waals surface area (Å²) in [6.45, 7) is 3.90. The first-order valence-electron chi connectivity index (χ1n) is 5.74. The number of aryl methyl sites for hydroxylation is 1. The quantitative estimate of drug-likeness (QED) is 0.652. The predicted octanol–water partition coefficient (Wildman–Crippen LogP) is 5.74. The van der Waals surface area contributed by atoms with E-state index in [2.05, 4.69) is 0 Å². The molecule has 0 N–H and O–H groups in total. The molecule has 1 unspecified atom stereocenters. The van der Waals surface area contributed by atoms with Crippen LogP contribution >= 0.6 is 23.2 Å². The third-order valence-corrected chi connectivity index (χ3v) is 3.38. The van der Waals surface area contributed by atoms with Gasteiger partial charge in [-0.1, -0.05) is 23.7 Å². The first-order chi connectivity index (χ1) is 8.56. The lowest BCUT2D eigenvalue weighted by Crippen LogP contribution is -1.87. The highest BCUT2D eigenvalue weighted by molar-refractivity contribution is 6.31. The van der Waals surface area contributed by atoms with E-state index in [0.717, 1.165) is 27.6 Å². The molecule has 1 nitrogen and oxygen atoms in total. The van der Waals surface area contributed by atoms with Gasteiger partial charge in [0.15, 0.2) is 0 Å². The standard InChI is InChI=1S/C15H14Cl2O/c1-10-9-14(7-8-15(10)17)18-13-5-3-12(4-6-13)11(2)16/h3-9,11H,1-2H3. The molecule has 0 aliphatic rings. The zero-order valence-corrected chi connectivity index (χ0v) is 11.8. The lowest BCUT2D eigenvalue weighted by atomic mass is 10.1. The molecule has 0 spiro atoms. The zero-order valence-electron chi connectivity index (χ0n) is 10.3. The Labute approximate surface area is 117 Å². The van der Waals surface area contributed by atoms with Crippen LogP contribution in [0.3, 0.4) is 0 Å². The van der Waals surface area contributed by atoms with E-state index in [-0.39, 0.29) is 5.38 Å². The number of benzene rings is 2. The highest BCUT2D eigenvalue weighted by Gasteiger charge is 2.03. The Hall–Kier alpha value is -1.18. The van der Waals surface area contributed by atoms with E-state index in [9.17, 15) is 0 Å². The molecule has 0 aliphatic carbocycles. The van der Waals surface area contributed by atoms with Crippen LogP contribution in [0.4, 0.5) is 0 Å². The lowest BCUT2D eigenvalue weighted by Gasteiger charge is -2.09. The van der Waals surface area contributed by atoms with Crippen LogP contribution in [0.1, 0.15) is 23.4 Å². The van der Waals surface area contributed by atoms with Crippen LogP contribution in [-0.2, 0) is 0 Å². The summed E-state index contributed by atoms with van der Waals surface area (Å²) in [5.74, 6) is 1.57. The van der Waals surface area contributed by atoms with Crippen LogP contribution in [0, 0.1) is 6.92 Å². The van der Waals surface area contributed by atoms with Crippen LogP contribution in [-0.4, -0.2) is 0 Å². The van der Waals surface area contributed by atoms with Crippen LogP contribution in [0.5, 0.6) is 11.5 Å². The summed E-state index contributed by atoms with van der Waals surface area (Å²) < 4.78 is 5.75. The van der Waals surface area contributed by atoms with Crippen LogP contribution in [0.2, 0.25) is 5.02 Å². The van der Waals surface area contributed by atoms with Crippen molar-refractivity contribution >= 4 is 23.2 Å². The molecule has 0 aromatic heterocycles. The number of halogens is 2. The van der Waals surface area contributed by atoms with Gasteiger partial charge in [0.1, 0.15) is 11.5 Å². The minimum atomic E-state index is 0.0110. The smallest absolute Gasteiger partial charge is 0.127 e. The molecule has 0 saturated carbocycles. The van der Waals surface area contributed by atoms with Crippen molar-refractivity contribution in [2.75, 3.05) is 0 Å². The van der Waals surface area contributed by atoms with Gasteiger partial charge in [0, 0.05) is 5.02 Å². The lowest BCUT2D eigenvalue weighted by molar-refractivity contribution is 0.482. The maximum atomic E-state index is 6.00. The normalized spacial score (nSPS) is 12.2. The summed E-state index contributed by atoms with van der Waals surface area (Å²) in [6.07, 6.45) is 0. The molecule has 2 rings (SSSR count). The average molecular weight is 281 g/mol. The Morgan fingerprint density at radius 2 is 1.61 bits per heavy atom. The first-order valence-corrected chi connectivity index (χ1v) is 6.56. The number of alkyl halides is 1. The molecule has 0 bridgehead atoms.